The van der Waals surface area contributed by atoms with Crippen molar-refractivity contribution in [2.75, 3.05) is 20.1 Å². The Morgan fingerprint density at radius 2 is 2.12 bits per heavy atom. The molecule has 0 bridgehead atoms. The Morgan fingerprint density at radius 3 is 2.82 bits per heavy atom. The summed E-state index contributed by atoms with van der Waals surface area (Å²) in [4.78, 5) is 30.2. The summed E-state index contributed by atoms with van der Waals surface area (Å²) in [6, 6.07) is 3.36. The molecular weight excluding hydrogens is 242 g/mol. The molecule has 0 radical (unpaired) electrons. The van der Waals surface area contributed by atoms with Gasteiger partial charge >= 0.3 is 11.8 Å². The van der Waals surface area contributed by atoms with E-state index in [0.717, 1.165) is 0 Å². The minimum atomic E-state index is -0.486. The Hall–Kier alpha value is -1.62. The van der Waals surface area contributed by atoms with Crippen LogP contribution in [0.25, 0.3) is 0 Å². The first-order valence-electron chi connectivity index (χ1n) is 5.23. The maximum absolute atomic E-state index is 11.7. The highest BCUT2D eigenvalue weighted by atomic mass is 35.5. The van der Waals surface area contributed by atoms with Crippen LogP contribution in [-0.4, -0.2) is 46.7 Å². The number of hydrogen-bond donors (Lipinski definition) is 0. The number of pyridine rings is 1. The highest BCUT2D eigenvalue weighted by molar-refractivity contribution is 6.35. The Bertz CT molecular complexity index is 464. The molecule has 0 unspecified atom stereocenters. The lowest BCUT2D eigenvalue weighted by atomic mass is 10.2. The quantitative estimate of drug-likeness (QED) is 0.723. The van der Waals surface area contributed by atoms with Gasteiger partial charge in [-0.15, -0.1) is 0 Å². The van der Waals surface area contributed by atoms with E-state index < -0.39 is 11.8 Å². The van der Waals surface area contributed by atoms with E-state index in [-0.39, 0.29) is 0 Å². The van der Waals surface area contributed by atoms with Gasteiger partial charge in [-0.05, 0) is 12.1 Å². The van der Waals surface area contributed by atoms with E-state index in [9.17, 15) is 9.59 Å². The van der Waals surface area contributed by atoms with Crippen molar-refractivity contribution >= 4 is 23.4 Å². The molecule has 0 aromatic carbocycles. The summed E-state index contributed by atoms with van der Waals surface area (Å²) in [5.41, 5.74) is 0.684. The Morgan fingerprint density at radius 1 is 1.35 bits per heavy atom. The molecule has 1 aromatic rings. The van der Waals surface area contributed by atoms with Crippen molar-refractivity contribution in [3.63, 3.8) is 0 Å². The van der Waals surface area contributed by atoms with E-state index >= 15 is 0 Å². The van der Waals surface area contributed by atoms with Gasteiger partial charge in [-0.2, -0.15) is 0 Å². The molecule has 0 aliphatic carbocycles. The van der Waals surface area contributed by atoms with Crippen LogP contribution < -0.4 is 0 Å². The van der Waals surface area contributed by atoms with Gasteiger partial charge in [-0.25, -0.2) is 0 Å². The molecule has 0 saturated carbocycles. The number of hydrogen-bond acceptors (Lipinski definition) is 3. The fourth-order valence-corrected chi connectivity index (χ4v) is 1.84. The van der Waals surface area contributed by atoms with E-state index in [1.165, 1.54) is 9.80 Å². The molecule has 90 valence electrons. The van der Waals surface area contributed by atoms with Gasteiger partial charge in [0.1, 0.15) is 0 Å². The first kappa shape index (κ1) is 11.9. The van der Waals surface area contributed by atoms with Crippen LogP contribution in [0.15, 0.2) is 18.3 Å². The molecule has 6 heteroatoms. The third-order valence-electron chi connectivity index (χ3n) is 2.65. The van der Waals surface area contributed by atoms with Gasteiger partial charge < -0.3 is 9.80 Å². The summed E-state index contributed by atoms with van der Waals surface area (Å²) in [5.74, 6) is -0.959. The van der Waals surface area contributed by atoms with Crippen molar-refractivity contribution in [3.05, 3.63) is 29.0 Å². The number of likely N-dealkylation sites (N-methyl/N-ethyl adjacent to an activating group) is 1. The summed E-state index contributed by atoms with van der Waals surface area (Å²) >= 11 is 5.83. The summed E-state index contributed by atoms with van der Waals surface area (Å²) in [6.45, 7) is 1.39. The third kappa shape index (κ3) is 2.55. The Balaban J connectivity index is 2.09. The maximum Gasteiger partial charge on any atom is 0.312 e. The monoisotopic (exact) mass is 253 g/mol. The molecule has 2 heterocycles. The number of rotatable bonds is 2. The molecule has 2 amide bonds. The third-order valence-corrected chi connectivity index (χ3v) is 2.89. The number of carbonyl (C=O) groups is 2. The zero-order valence-electron chi connectivity index (χ0n) is 9.39. The predicted octanol–water partition coefficient (Wildman–Crippen LogP) is 0.536. The highest BCUT2D eigenvalue weighted by Gasteiger charge is 2.30. The van der Waals surface area contributed by atoms with Crippen LogP contribution in [0.3, 0.4) is 0 Å². The standard InChI is InChI=1S/C11H12ClN3O2/c1-14-4-5-15(11(17)10(14)16)7-9-6-8(12)2-3-13-9/h2-3,6H,4-5,7H2,1H3. The number of nitrogens with zero attached hydrogens (tertiary/aromatic N) is 3. The summed E-state index contributed by atoms with van der Waals surface area (Å²) < 4.78 is 0. The first-order valence-corrected chi connectivity index (χ1v) is 5.60. The van der Waals surface area contributed by atoms with Crippen LogP contribution in [-0.2, 0) is 16.1 Å². The van der Waals surface area contributed by atoms with Gasteiger partial charge in [0, 0.05) is 31.4 Å². The lowest BCUT2D eigenvalue weighted by molar-refractivity contribution is -0.155. The van der Waals surface area contributed by atoms with Crippen LogP contribution >= 0.6 is 11.6 Å². The van der Waals surface area contributed by atoms with Gasteiger partial charge in [0.15, 0.2) is 0 Å². The predicted molar refractivity (Wildman–Crippen MR) is 62.3 cm³/mol. The second kappa shape index (κ2) is 4.71. The topological polar surface area (TPSA) is 53.5 Å². The lowest BCUT2D eigenvalue weighted by Gasteiger charge is -2.31. The number of piperazine rings is 1. The normalized spacial score (nSPS) is 16.6. The van der Waals surface area contributed by atoms with Crippen molar-refractivity contribution in [1.29, 1.82) is 0 Å². The van der Waals surface area contributed by atoms with E-state index in [4.69, 9.17) is 11.6 Å². The van der Waals surface area contributed by atoms with Gasteiger partial charge in [0.25, 0.3) is 0 Å². The van der Waals surface area contributed by atoms with Gasteiger partial charge in [0.2, 0.25) is 0 Å². The lowest BCUT2D eigenvalue weighted by Crippen LogP contribution is -2.52. The highest BCUT2D eigenvalue weighted by Crippen LogP contribution is 2.12. The minimum Gasteiger partial charge on any atom is -0.336 e. The molecule has 1 saturated heterocycles. The second-order valence-corrected chi connectivity index (χ2v) is 4.36. The minimum absolute atomic E-state index is 0.318. The zero-order valence-corrected chi connectivity index (χ0v) is 10.1. The fourth-order valence-electron chi connectivity index (χ4n) is 1.65. The van der Waals surface area contributed by atoms with Crippen molar-refractivity contribution in [2.24, 2.45) is 0 Å². The molecule has 0 N–H and O–H groups in total. The van der Waals surface area contributed by atoms with Crippen LogP contribution in [0.5, 0.6) is 0 Å². The van der Waals surface area contributed by atoms with Crippen LogP contribution in [0.1, 0.15) is 5.69 Å². The number of aromatic nitrogens is 1. The van der Waals surface area contributed by atoms with Crippen molar-refractivity contribution in [1.82, 2.24) is 14.8 Å². The van der Waals surface area contributed by atoms with Crippen molar-refractivity contribution in [3.8, 4) is 0 Å². The van der Waals surface area contributed by atoms with Crippen LogP contribution in [0, 0.1) is 0 Å². The van der Waals surface area contributed by atoms with Gasteiger partial charge in [0.05, 0.1) is 12.2 Å². The van der Waals surface area contributed by atoms with Crippen LogP contribution in [0.4, 0.5) is 0 Å². The van der Waals surface area contributed by atoms with E-state index in [1.807, 2.05) is 0 Å². The smallest absolute Gasteiger partial charge is 0.312 e. The maximum atomic E-state index is 11.7. The molecule has 1 aromatic heterocycles. The molecule has 0 spiro atoms. The van der Waals surface area contributed by atoms with E-state index in [0.29, 0.717) is 30.4 Å². The van der Waals surface area contributed by atoms with Gasteiger partial charge in [-0.1, -0.05) is 11.6 Å². The van der Waals surface area contributed by atoms with E-state index in [1.54, 1.807) is 25.4 Å². The molecular formula is C11H12ClN3O2. The molecule has 2 rings (SSSR count). The van der Waals surface area contributed by atoms with Gasteiger partial charge in [-0.3, -0.25) is 14.6 Å². The van der Waals surface area contributed by atoms with E-state index in [2.05, 4.69) is 4.98 Å². The molecule has 1 aliphatic heterocycles. The largest absolute Gasteiger partial charge is 0.336 e. The Kier molecular flexibility index (Phi) is 3.28. The molecule has 17 heavy (non-hydrogen) atoms. The average Bonchev–Trinajstić information content (AvgIpc) is 2.30. The van der Waals surface area contributed by atoms with Crippen LogP contribution in [0.2, 0.25) is 5.02 Å². The number of carbonyl (C=O) groups excluding carboxylic acids is 2. The SMILES string of the molecule is CN1CCN(Cc2cc(Cl)ccn2)C(=O)C1=O. The average molecular weight is 254 g/mol. The molecule has 5 nitrogen and oxygen atoms in total. The zero-order chi connectivity index (χ0) is 12.4. The van der Waals surface area contributed by atoms with Crippen molar-refractivity contribution in [2.45, 2.75) is 6.54 Å². The Labute approximate surface area is 104 Å². The first-order chi connectivity index (χ1) is 8.08. The second-order valence-electron chi connectivity index (χ2n) is 3.92. The number of amides is 2. The summed E-state index contributed by atoms with van der Waals surface area (Å²) in [5, 5.41) is 0.572. The number of halogens is 1. The fraction of sp³-hybridized carbons (Fsp3) is 0.364. The molecule has 1 fully saturated rings. The molecule has 1 aliphatic rings. The summed E-state index contributed by atoms with van der Waals surface area (Å²) in [6.07, 6.45) is 1.58. The van der Waals surface area contributed by atoms with Crippen molar-refractivity contribution < 1.29 is 9.59 Å². The summed E-state index contributed by atoms with van der Waals surface area (Å²) in [7, 11) is 1.62. The molecule has 0 atom stereocenters.